The van der Waals surface area contributed by atoms with Gasteiger partial charge in [-0.3, -0.25) is 0 Å². The first kappa shape index (κ1) is 25.5. The molecule has 0 aliphatic rings. The van der Waals surface area contributed by atoms with Crippen LogP contribution in [-0.2, 0) is 0 Å². The Morgan fingerprint density at radius 2 is 1.25 bits per heavy atom. The van der Waals surface area contributed by atoms with E-state index in [1.165, 1.54) is 24.3 Å². The Hall–Kier alpha value is 0.716. The molecular formula is C8H10KNaO6. The number of carbonyl (C=O) groups is 2. The molecule has 1 aromatic rings. The van der Waals surface area contributed by atoms with Crippen LogP contribution in [0.15, 0.2) is 24.3 Å². The zero-order valence-electron chi connectivity index (χ0n) is 10.9. The van der Waals surface area contributed by atoms with E-state index in [0.717, 1.165) is 0 Å². The zero-order chi connectivity index (χ0) is 9.14. The molecule has 8 heteroatoms. The minimum absolute atomic E-state index is 0. The molecule has 4 N–H and O–H groups in total. The molecule has 6 nitrogen and oxygen atoms in total. The van der Waals surface area contributed by atoms with Crippen LogP contribution in [-0.4, -0.2) is 33.1 Å². The SMILES string of the molecule is O=C(O)c1ccccc1C(=O)O.[H+].[H-].[K+].[Na+].[OH-].[OH-]. The molecule has 0 aliphatic heterocycles. The predicted octanol–water partition coefficient (Wildman–Crippen LogP) is -5.04. The van der Waals surface area contributed by atoms with Gasteiger partial charge in [-0.05, 0) is 12.1 Å². The van der Waals surface area contributed by atoms with E-state index < -0.39 is 11.9 Å². The van der Waals surface area contributed by atoms with Crippen LogP contribution in [0.3, 0.4) is 0 Å². The van der Waals surface area contributed by atoms with Crippen LogP contribution >= 0.6 is 0 Å². The Morgan fingerprint density at radius 3 is 1.44 bits per heavy atom. The minimum Gasteiger partial charge on any atom is -1.00 e. The van der Waals surface area contributed by atoms with E-state index in [9.17, 15) is 9.59 Å². The third-order valence-corrected chi connectivity index (χ3v) is 1.39. The van der Waals surface area contributed by atoms with Crippen molar-refractivity contribution in [3.63, 3.8) is 0 Å². The largest absolute Gasteiger partial charge is 1.00 e. The number of rotatable bonds is 2. The van der Waals surface area contributed by atoms with Crippen molar-refractivity contribution in [2.45, 2.75) is 0 Å². The number of carboxylic acids is 2. The predicted molar refractivity (Wildman–Crippen MR) is 46.5 cm³/mol. The number of benzene rings is 1. The van der Waals surface area contributed by atoms with Crippen LogP contribution in [0.4, 0.5) is 0 Å². The number of aromatic carboxylic acids is 2. The summed E-state index contributed by atoms with van der Waals surface area (Å²) in [6.07, 6.45) is 0. The molecule has 0 aliphatic carbocycles. The molecule has 1 rings (SSSR count). The molecule has 0 bridgehead atoms. The maximum Gasteiger partial charge on any atom is 1.00 e. The fraction of sp³-hybridized carbons (Fsp3) is 0. The molecule has 0 unspecified atom stereocenters. The summed E-state index contributed by atoms with van der Waals surface area (Å²) in [5, 5.41) is 17.1. The van der Waals surface area contributed by atoms with Gasteiger partial charge in [0.25, 0.3) is 0 Å². The fourth-order valence-electron chi connectivity index (χ4n) is 0.856. The summed E-state index contributed by atoms with van der Waals surface area (Å²) >= 11 is 0. The van der Waals surface area contributed by atoms with Gasteiger partial charge in [-0.15, -0.1) is 0 Å². The molecule has 0 amide bonds. The molecule has 0 heterocycles. The Balaban J connectivity index is -0.0000000600. The van der Waals surface area contributed by atoms with Gasteiger partial charge < -0.3 is 22.6 Å². The molecule has 0 saturated carbocycles. The minimum atomic E-state index is -1.23. The third-order valence-electron chi connectivity index (χ3n) is 1.39. The zero-order valence-corrected chi connectivity index (χ0v) is 14.0. The number of hydrogen-bond donors (Lipinski definition) is 2. The van der Waals surface area contributed by atoms with Crippen molar-refractivity contribution in [2.75, 3.05) is 0 Å². The van der Waals surface area contributed by atoms with Crippen LogP contribution < -0.4 is 80.9 Å². The van der Waals surface area contributed by atoms with Gasteiger partial charge >= 0.3 is 94.3 Å². The van der Waals surface area contributed by atoms with Gasteiger partial charge in [-0.2, -0.15) is 0 Å². The summed E-state index contributed by atoms with van der Waals surface area (Å²) in [7, 11) is 0. The van der Waals surface area contributed by atoms with Gasteiger partial charge in [-0.1, -0.05) is 12.1 Å². The topological polar surface area (TPSA) is 135 Å². The standard InChI is InChI=1S/C8H6O4.K.Na.2H2O.H/c9-7(10)5-3-1-2-4-6(5)8(11)12;;;;;/h1-4H,(H,9,10)(H,11,12);;;2*1H2;/q;2*+1;;;-1/p-1. The third kappa shape index (κ3) is 7.12. The van der Waals surface area contributed by atoms with Gasteiger partial charge in [0.05, 0.1) is 11.1 Å². The average molecular weight is 264 g/mol. The summed E-state index contributed by atoms with van der Waals surface area (Å²) in [5.41, 5.74) is -0.380. The first-order valence-corrected chi connectivity index (χ1v) is 3.18. The van der Waals surface area contributed by atoms with E-state index in [1.807, 2.05) is 0 Å². The van der Waals surface area contributed by atoms with Crippen molar-refractivity contribution in [2.24, 2.45) is 0 Å². The van der Waals surface area contributed by atoms with E-state index in [-0.39, 0.29) is 106 Å². The van der Waals surface area contributed by atoms with Crippen LogP contribution in [0.25, 0.3) is 0 Å². The summed E-state index contributed by atoms with van der Waals surface area (Å²) < 4.78 is 0. The van der Waals surface area contributed by atoms with Crippen molar-refractivity contribution in [1.29, 1.82) is 0 Å². The second-order valence-corrected chi connectivity index (χ2v) is 2.16. The molecular weight excluding hydrogens is 254 g/mol. The summed E-state index contributed by atoms with van der Waals surface area (Å²) in [6.45, 7) is 0. The summed E-state index contributed by atoms with van der Waals surface area (Å²) in [4.78, 5) is 20.9. The van der Waals surface area contributed by atoms with Gasteiger partial charge in [0.1, 0.15) is 0 Å². The van der Waals surface area contributed by atoms with Gasteiger partial charge in [0.2, 0.25) is 0 Å². The van der Waals surface area contributed by atoms with Crippen LogP contribution in [0.5, 0.6) is 0 Å². The molecule has 0 fully saturated rings. The van der Waals surface area contributed by atoms with Gasteiger partial charge in [0.15, 0.2) is 0 Å². The van der Waals surface area contributed by atoms with Crippen LogP contribution in [0.2, 0.25) is 0 Å². The van der Waals surface area contributed by atoms with Crippen molar-refractivity contribution >= 4 is 11.9 Å². The summed E-state index contributed by atoms with van der Waals surface area (Å²) in [6, 6.07) is 5.48. The van der Waals surface area contributed by atoms with E-state index in [2.05, 4.69) is 0 Å². The maximum atomic E-state index is 10.5. The summed E-state index contributed by atoms with van der Waals surface area (Å²) in [5.74, 6) is -2.46. The van der Waals surface area contributed by atoms with Crippen molar-refractivity contribution in [3.8, 4) is 0 Å². The second-order valence-electron chi connectivity index (χ2n) is 2.16. The van der Waals surface area contributed by atoms with E-state index in [4.69, 9.17) is 10.2 Å². The Labute approximate surface area is 159 Å². The van der Waals surface area contributed by atoms with Crippen molar-refractivity contribution < 1.29 is 115 Å². The smallest absolute Gasteiger partial charge is 1.00 e. The van der Waals surface area contributed by atoms with Crippen LogP contribution in [0, 0.1) is 0 Å². The second kappa shape index (κ2) is 12.2. The molecule has 0 atom stereocenters. The van der Waals surface area contributed by atoms with Gasteiger partial charge in [-0.25, -0.2) is 9.59 Å². The molecule has 80 valence electrons. The molecule has 0 aromatic heterocycles. The van der Waals surface area contributed by atoms with Crippen molar-refractivity contribution in [1.82, 2.24) is 0 Å². The first-order valence-electron chi connectivity index (χ1n) is 3.18. The fourth-order valence-corrected chi connectivity index (χ4v) is 0.856. The Bertz CT molecular complexity index is 319. The quantitative estimate of drug-likeness (QED) is 0.513. The van der Waals surface area contributed by atoms with E-state index >= 15 is 0 Å². The molecule has 0 spiro atoms. The van der Waals surface area contributed by atoms with Crippen LogP contribution in [0.1, 0.15) is 23.6 Å². The average Bonchev–Trinajstić information content (AvgIpc) is 2.04. The van der Waals surface area contributed by atoms with E-state index in [0.29, 0.717) is 0 Å². The molecule has 1 aromatic carbocycles. The normalized spacial score (nSPS) is 7.00. The van der Waals surface area contributed by atoms with E-state index in [1.54, 1.807) is 0 Å². The van der Waals surface area contributed by atoms with Gasteiger partial charge in [0, 0.05) is 0 Å². The number of carboxylic acid groups (broad SMARTS) is 2. The number of hydrogen-bond acceptors (Lipinski definition) is 4. The first-order chi connectivity index (χ1) is 5.63. The monoisotopic (exact) mass is 264 g/mol. The molecule has 0 saturated heterocycles. The molecule has 0 radical (unpaired) electrons. The Morgan fingerprint density at radius 1 is 1.00 bits per heavy atom. The van der Waals surface area contributed by atoms with Crippen molar-refractivity contribution in [3.05, 3.63) is 35.4 Å². The Kier molecular flexibility index (Phi) is 19.4. The molecule has 16 heavy (non-hydrogen) atoms. The maximum absolute atomic E-state index is 10.5.